The molecule has 2 rings (SSSR count). The number of ether oxygens (including phenoxy) is 1. The van der Waals surface area contributed by atoms with Crippen molar-refractivity contribution in [2.24, 2.45) is 0 Å². The molecule has 0 atom stereocenters. The Balaban J connectivity index is 1.84. The zero-order valence-electron chi connectivity index (χ0n) is 9.97. The SMILES string of the molecule is CNCc1cccc(OCCn2cccn2)c1. The second-order valence-corrected chi connectivity index (χ2v) is 3.80. The molecule has 0 spiro atoms. The number of aromatic nitrogens is 2. The summed E-state index contributed by atoms with van der Waals surface area (Å²) in [5, 5.41) is 7.24. The number of hydrogen-bond acceptors (Lipinski definition) is 3. The minimum atomic E-state index is 0.630. The highest BCUT2D eigenvalue weighted by Crippen LogP contribution is 2.13. The van der Waals surface area contributed by atoms with E-state index in [0.717, 1.165) is 18.8 Å². The van der Waals surface area contributed by atoms with Crippen molar-refractivity contribution in [2.75, 3.05) is 13.7 Å². The molecule has 2 aromatic rings. The van der Waals surface area contributed by atoms with Gasteiger partial charge in [0.2, 0.25) is 0 Å². The minimum Gasteiger partial charge on any atom is -0.492 e. The first kappa shape index (κ1) is 11.7. The summed E-state index contributed by atoms with van der Waals surface area (Å²) in [5.41, 5.74) is 1.23. The highest BCUT2D eigenvalue weighted by atomic mass is 16.5. The summed E-state index contributed by atoms with van der Waals surface area (Å²) in [7, 11) is 1.94. The van der Waals surface area contributed by atoms with E-state index >= 15 is 0 Å². The fourth-order valence-electron chi connectivity index (χ4n) is 1.64. The molecule has 0 saturated carbocycles. The van der Waals surface area contributed by atoms with Crippen LogP contribution in [0.15, 0.2) is 42.7 Å². The average Bonchev–Trinajstić information content (AvgIpc) is 2.83. The molecule has 0 aliphatic carbocycles. The Morgan fingerprint density at radius 2 is 2.29 bits per heavy atom. The Kier molecular flexibility index (Phi) is 4.16. The van der Waals surface area contributed by atoms with Crippen LogP contribution in [0.4, 0.5) is 0 Å². The van der Waals surface area contributed by atoms with Gasteiger partial charge in [-0.3, -0.25) is 4.68 Å². The Hall–Kier alpha value is -1.81. The topological polar surface area (TPSA) is 39.1 Å². The predicted octanol–water partition coefficient (Wildman–Crippen LogP) is 1.68. The van der Waals surface area contributed by atoms with E-state index in [1.165, 1.54) is 5.56 Å². The fraction of sp³-hybridized carbons (Fsp3) is 0.308. The van der Waals surface area contributed by atoms with Gasteiger partial charge in [-0.05, 0) is 30.8 Å². The lowest BCUT2D eigenvalue weighted by Gasteiger charge is -2.08. The van der Waals surface area contributed by atoms with Crippen LogP contribution in [0.5, 0.6) is 5.75 Å². The van der Waals surface area contributed by atoms with E-state index in [9.17, 15) is 0 Å². The van der Waals surface area contributed by atoms with Gasteiger partial charge in [0.1, 0.15) is 12.4 Å². The lowest BCUT2D eigenvalue weighted by atomic mass is 10.2. The van der Waals surface area contributed by atoms with Gasteiger partial charge in [0.25, 0.3) is 0 Å². The van der Waals surface area contributed by atoms with Crippen molar-refractivity contribution < 1.29 is 4.74 Å². The molecule has 0 aliphatic rings. The maximum absolute atomic E-state index is 5.68. The van der Waals surface area contributed by atoms with Crippen molar-refractivity contribution >= 4 is 0 Å². The van der Waals surface area contributed by atoms with E-state index in [-0.39, 0.29) is 0 Å². The van der Waals surface area contributed by atoms with Crippen molar-refractivity contribution in [3.05, 3.63) is 48.3 Å². The first-order chi connectivity index (χ1) is 8.38. The molecule has 1 aromatic heterocycles. The van der Waals surface area contributed by atoms with Crippen LogP contribution in [0, 0.1) is 0 Å². The first-order valence-corrected chi connectivity index (χ1v) is 5.72. The average molecular weight is 231 g/mol. The molecule has 4 nitrogen and oxygen atoms in total. The van der Waals surface area contributed by atoms with Gasteiger partial charge in [-0.25, -0.2) is 0 Å². The van der Waals surface area contributed by atoms with Gasteiger partial charge in [-0.15, -0.1) is 0 Å². The first-order valence-electron chi connectivity index (χ1n) is 5.72. The van der Waals surface area contributed by atoms with Crippen LogP contribution in [-0.4, -0.2) is 23.4 Å². The molecule has 0 amide bonds. The van der Waals surface area contributed by atoms with E-state index in [1.54, 1.807) is 6.20 Å². The van der Waals surface area contributed by atoms with E-state index in [4.69, 9.17) is 4.74 Å². The zero-order chi connectivity index (χ0) is 11.9. The smallest absolute Gasteiger partial charge is 0.119 e. The van der Waals surface area contributed by atoms with Crippen LogP contribution in [0.1, 0.15) is 5.56 Å². The molecular weight excluding hydrogens is 214 g/mol. The normalized spacial score (nSPS) is 10.4. The highest BCUT2D eigenvalue weighted by Gasteiger charge is 1.97. The molecule has 0 bridgehead atoms. The fourth-order valence-corrected chi connectivity index (χ4v) is 1.64. The van der Waals surface area contributed by atoms with E-state index < -0.39 is 0 Å². The molecule has 0 fully saturated rings. The molecule has 90 valence electrons. The Morgan fingerprint density at radius 1 is 1.35 bits per heavy atom. The Bertz CT molecular complexity index is 440. The van der Waals surface area contributed by atoms with E-state index in [1.807, 2.05) is 36.1 Å². The lowest BCUT2D eigenvalue weighted by Crippen LogP contribution is -2.09. The Morgan fingerprint density at radius 3 is 3.06 bits per heavy atom. The maximum atomic E-state index is 5.68. The van der Waals surface area contributed by atoms with Crippen molar-refractivity contribution in [3.63, 3.8) is 0 Å². The second-order valence-electron chi connectivity index (χ2n) is 3.80. The lowest BCUT2D eigenvalue weighted by molar-refractivity contribution is 0.291. The molecule has 1 N–H and O–H groups in total. The summed E-state index contributed by atoms with van der Waals surface area (Å²) < 4.78 is 7.54. The van der Waals surface area contributed by atoms with Crippen LogP contribution in [0.2, 0.25) is 0 Å². The van der Waals surface area contributed by atoms with Gasteiger partial charge in [0.15, 0.2) is 0 Å². The third-order valence-corrected chi connectivity index (χ3v) is 2.43. The van der Waals surface area contributed by atoms with Crippen LogP contribution >= 0.6 is 0 Å². The summed E-state index contributed by atoms with van der Waals surface area (Å²) in [6.07, 6.45) is 3.70. The molecule has 0 saturated heterocycles. The summed E-state index contributed by atoms with van der Waals surface area (Å²) in [5.74, 6) is 0.907. The largest absolute Gasteiger partial charge is 0.492 e. The number of nitrogens with one attached hydrogen (secondary N) is 1. The van der Waals surface area contributed by atoms with E-state index in [2.05, 4.69) is 22.5 Å². The molecule has 17 heavy (non-hydrogen) atoms. The number of rotatable bonds is 6. The van der Waals surface area contributed by atoms with Gasteiger partial charge >= 0.3 is 0 Å². The highest BCUT2D eigenvalue weighted by molar-refractivity contribution is 5.28. The van der Waals surface area contributed by atoms with Crippen molar-refractivity contribution in [1.29, 1.82) is 0 Å². The summed E-state index contributed by atoms with van der Waals surface area (Å²) in [6, 6.07) is 10.0. The number of hydrogen-bond donors (Lipinski definition) is 1. The maximum Gasteiger partial charge on any atom is 0.119 e. The zero-order valence-corrected chi connectivity index (χ0v) is 9.97. The minimum absolute atomic E-state index is 0.630. The molecular formula is C13H17N3O. The van der Waals surface area contributed by atoms with Gasteiger partial charge in [0.05, 0.1) is 6.54 Å². The molecule has 0 radical (unpaired) electrons. The van der Waals surface area contributed by atoms with Crippen molar-refractivity contribution in [3.8, 4) is 5.75 Å². The van der Waals surface area contributed by atoms with Gasteiger partial charge < -0.3 is 10.1 Å². The van der Waals surface area contributed by atoms with Crippen molar-refractivity contribution in [2.45, 2.75) is 13.1 Å². The van der Waals surface area contributed by atoms with Crippen LogP contribution in [0.3, 0.4) is 0 Å². The van der Waals surface area contributed by atoms with Crippen molar-refractivity contribution in [1.82, 2.24) is 15.1 Å². The summed E-state index contributed by atoms with van der Waals surface area (Å²) in [4.78, 5) is 0. The quantitative estimate of drug-likeness (QED) is 0.822. The number of nitrogens with zero attached hydrogens (tertiary/aromatic N) is 2. The molecule has 0 unspecified atom stereocenters. The molecule has 4 heteroatoms. The van der Waals surface area contributed by atoms with Gasteiger partial charge in [-0.1, -0.05) is 12.1 Å². The van der Waals surface area contributed by atoms with E-state index in [0.29, 0.717) is 6.61 Å². The molecule has 1 heterocycles. The molecule has 1 aromatic carbocycles. The summed E-state index contributed by atoms with van der Waals surface area (Å²) in [6.45, 7) is 2.25. The van der Waals surface area contributed by atoms with Gasteiger partial charge in [0, 0.05) is 18.9 Å². The Labute approximate surface area is 101 Å². The van der Waals surface area contributed by atoms with Gasteiger partial charge in [-0.2, -0.15) is 5.10 Å². The van der Waals surface area contributed by atoms with Crippen LogP contribution < -0.4 is 10.1 Å². The third-order valence-electron chi connectivity index (χ3n) is 2.43. The second kappa shape index (κ2) is 6.06. The third kappa shape index (κ3) is 3.60. The monoisotopic (exact) mass is 231 g/mol. The van der Waals surface area contributed by atoms with Crippen LogP contribution in [0.25, 0.3) is 0 Å². The molecule has 0 aliphatic heterocycles. The predicted molar refractivity (Wildman–Crippen MR) is 66.9 cm³/mol. The van der Waals surface area contributed by atoms with Crippen LogP contribution in [-0.2, 0) is 13.1 Å². The standard InChI is InChI=1S/C13H17N3O/c1-14-11-12-4-2-5-13(10-12)17-9-8-16-7-3-6-15-16/h2-7,10,14H,8-9,11H2,1H3. The summed E-state index contributed by atoms with van der Waals surface area (Å²) >= 11 is 0. The number of benzene rings is 1.